The van der Waals surface area contributed by atoms with Crippen LogP contribution < -0.4 is 5.73 Å². The Bertz CT molecular complexity index is 940. The quantitative estimate of drug-likeness (QED) is 0.669. The van der Waals surface area contributed by atoms with Gasteiger partial charge in [-0.05, 0) is 18.6 Å². The smallest absolute Gasteiger partial charge is 0.217 e. The minimum absolute atomic E-state index is 0.258. The van der Waals surface area contributed by atoms with Crippen molar-refractivity contribution in [3.63, 3.8) is 0 Å². The number of amides is 1. The van der Waals surface area contributed by atoms with Crippen LogP contribution in [0.2, 0.25) is 5.02 Å². The lowest BCUT2D eigenvalue weighted by molar-refractivity contribution is -0.118. The van der Waals surface area contributed by atoms with Gasteiger partial charge in [-0.15, -0.1) is 10.2 Å². The lowest BCUT2D eigenvalue weighted by atomic mass is 10.1. The van der Waals surface area contributed by atoms with Crippen LogP contribution in [0, 0.1) is 6.92 Å². The maximum atomic E-state index is 10.9. The largest absolute Gasteiger partial charge is 0.370 e. The van der Waals surface area contributed by atoms with Crippen molar-refractivity contribution in [3.8, 4) is 0 Å². The molecule has 0 fully saturated rings. The van der Waals surface area contributed by atoms with Gasteiger partial charge in [0.1, 0.15) is 5.82 Å². The van der Waals surface area contributed by atoms with Crippen LogP contribution in [0.1, 0.15) is 23.5 Å². The molecule has 0 aliphatic rings. The highest BCUT2D eigenvalue weighted by molar-refractivity contribution is 7.98. The molecule has 1 amide bonds. The lowest BCUT2D eigenvalue weighted by Gasteiger charge is -2.09. The van der Waals surface area contributed by atoms with Gasteiger partial charge in [0.2, 0.25) is 5.91 Å². The van der Waals surface area contributed by atoms with Gasteiger partial charge in [-0.1, -0.05) is 41.6 Å². The van der Waals surface area contributed by atoms with E-state index in [1.54, 1.807) is 0 Å². The molecule has 0 spiro atoms. The second kappa shape index (κ2) is 7.41. The summed E-state index contributed by atoms with van der Waals surface area (Å²) in [4.78, 5) is 15.6. The van der Waals surface area contributed by atoms with Crippen molar-refractivity contribution in [2.24, 2.45) is 12.8 Å². The van der Waals surface area contributed by atoms with Gasteiger partial charge in [-0.3, -0.25) is 9.78 Å². The Morgan fingerprint density at radius 2 is 2.08 bits per heavy atom. The third kappa shape index (κ3) is 3.77. The molecule has 0 aliphatic heterocycles. The number of fused-ring (bicyclic) bond motifs is 1. The zero-order chi connectivity index (χ0) is 18.0. The Morgan fingerprint density at radius 1 is 1.32 bits per heavy atom. The van der Waals surface area contributed by atoms with Crippen LogP contribution in [0.3, 0.4) is 0 Å². The number of aromatic nitrogens is 4. The number of halogens is 1. The van der Waals surface area contributed by atoms with E-state index in [-0.39, 0.29) is 12.3 Å². The molecule has 3 rings (SSSR count). The normalized spacial score (nSPS) is 11.2. The first-order valence-corrected chi connectivity index (χ1v) is 9.17. The molecule has 2 N–H and O–H groups in total. The summed E-state index contributed by atoms with van der Waals surface area (Å²) in [5, 5.41) is 10.8. The van der Waals surface area contributed by atoms with Crippen LogP contribution in [-0.4, -0.2) is 25.7 Å². The minimum atomic E-state index is -0.347. The molecule has 2 aromatic heterocycles. The summed E-state index contributed by atoms with van der Waals surface area (Å²) in [7, 11) is 1.87. The number of hydrogen-bond acceptors (Lipinski definition) is 5. The highest BCUT2D eigenvalue weighted by Gasteiger charge is 2.14. The molecule has 0 aliphatic carbocycles. The van der Waals surface area contributed by atoms with Crippen LogP contribution in [-0.2, 0) is 24.0 Å². The van der Waals surface area contributed by atoms with Gasteiger partial charge in [-0.25, -0.2) is 0 Å². The molecule has 25 heavy (non-hydrogen) atoms. The van der Waals surface area contributed by atoms with Crippen LogP contribution in [0.4, 0.5) is 0 Å². The number of hydrogen-bond donors (Lipinski definition) is 1. The van der Waals surface area contributed by atoms with Crippen molar-refractivity contribution in [2.75, 3.05) is 0 Å². The van der Waals surface area contributed by atoms with E-state index < -0.39 is 0 Å². The van der Waals surface area contributed by atoms with Crippen molar-refractivity contribution in [1.82, 2.24) is 19.7 Å². The van der Waals surface area contributed by atoms with Crippen molar-refractivity contribution >= 4 is 40.2 Å². The number of rotatable bonds is 6. The predicted octanol–water partition coefficient (Wildman–Crippen LogP) is 3.04. The molecule has 130 valence electrons. The van der Waals surface area contributed by atoms with Crippen LogP contribution in [0.25, 0.3) is 10.9 Å². The molecule has 0 saturated carbocycles. The van der Waals surface area contributed by atoms with Crippen molar-refractivity contribution in [3.05, 3.63) is 46.4 Å². The highest BCUT2D eigenvalue weighted by atomic mass is 35.5. The van der Waals surface area contributed by atoms with Crippen LogP contribution in [0.15, 0.2) is 29.4 Å². The van der Waals surface area contributed by atoms with Gasteiger partial charge < -0.3 is 10.3 Å². The van der Waals surface area contributed by atoms with Gasteiger partial charge >= 0.3 is 0 Å². The number of pyridine rings is 1. The summed E-state index contributed by atoms with van der Waals surface area (Å²) in [6.45, 7) is 2.00. The lowest BCUT2D eigenvalue weighted by Crippen LogP contribution is -2.12. The standard InChI is InChI=1S/C17H18ClN5OS/c1-10-11-5-3-4-6-12(11)20-13(16(10)18)9-25-17-22-21-15(23(17)2)8-7-14(19)24/h3-6H,7-9H2,1-2H3,(H2,19,24). The first-order valence-electron chi connectivity index (χ1n) is 7.80. The summed E-state index contributed by atoms with van der Waals surface area (Å²) in [6.07, 6.45) is 0.737. The zero-order valence-corrected chi connectivity index (χ0v) is 15.6. The third-order valence-corrected chi connectivity index (χ3v) is 5.54. The first kappa shape index (κ1) is 17.7. The van der Waals surface area contributed by atoms with Crippen molar-refractivity contribution < 1.29 is 4.79 Å². The summed E-state index contributed by atoms with van der Waals surface area (Å²) in [5.41, 5.74) is 7.97. The molecule has 8 heteroatoms. The van der Waals surface area contributed by atoms with E-state index in [0.717, 1.165) is 33.1 Å². The number of carbonyl (C=O) groups is 1. The molecule has 0 atom stereocenters. The maximum absolute atomic E-state index is 10.9. The van der Waals surface area contributed by atoms with Crippen molar-refractivity contribution in [2.45, 2.75) is 30.7 Å². The van der Waals surface area contributed by atoms with Crippen LogP contribution >= 0.6 is 23.4 Å². The number of primary amides is 1. The molecule has 0 unspecified atom stereocenters. The van der Waals surface area contributed by atoms with Gasteiger partial charge in [0.25, 0.3) is 0 Å². The molecule has 3 aromatic rings. The SMILES string of the molecule is Cc1c(Cl)c(CSc2nnc(CCC(N)=O)n2C)nc2ccccc12. The Balaban J connectivity index is 1.79. The van der Waals surface area contributed by atoms with Gasteiger partial charge in [0.15, 0.2) is 5.16 Å². The van der Waals surface area contributed by atoms with Crippen LogP contribution in [0.5, 0.6) is 0 Å². The fourth-order valence-corrected chi connectivity index (χ4v) is 3.73. The second-order valence-corrected chi connectivity index (χ2v) is 7.05. The number of para-hydroxylation sites is 1. The monoisotopic (exact) mass is 375 g/mol. The molecule has 2 heterocycles. The maximum Gasteiger partial charge on any atom is 0.217 e. The topological polar surface area (TPSA) is 86.7 Å². The van der Waals surface area contributed by atoms with E-state index >= 15 is 0 Å². The average Bonchev–Trinajstić information content (AvgIpc) is 2.95. The van der Waals surface area contributed by atoms with E-state index in [0.29, 0.717) is 17.2 Å². The zero-order valence-electron chi connectivity index (χ0n) is 14.0. The molecule has 0 bridgehead atoms. The van der Waals surface area contributed by atoms with E-state index in [4.69, 9.17) is 17.3 Å². The average molecular weight is 376 g/mol. The summed E-state index contributed by atoms with van der Waals surface area (Å²) in [6, 6.07) is 7.95. The summed E-state index contributed by atoms with van der Waals surface area (Å²) >= 11 is 8.01. The molecule has 0 radical (unpaired) electrons. The first-order chi connectivity index (χ1) is 12.0. The van der Waals surface area contributed by atoms with E-state index in [9.17, 15) is 4.79 Å². The molecular weight excluding hydrogens is 358 g/mol. The molecule has 0 saturated heterocycles. The Labute approximate surface area is 154 Å². The number of nitrogens with zero attached hydrogens (tertiary/aromatic N) is 4. The van der Waals surface area contributed by atoms with E-state index in [2.05, 4.69) is 15.2 Å². The predicted molar refractivity (Wildman–Crippen MR) is 99.6 cm³/mol. The van der Waals surface area contributed by atoms with E-state index in [1.165, 1.54) is 11.8 Å². The number of aryl methyl sites for hydroxylation is 2. The fourth-order valence-electron chi connectivity index (χ4n) is 2.57. The second-order valence-electron chi connectivity index (χ2n) is 5.73. The molecule has 6 nitrogen and oxygen atoms in total. The Kier molecular flexibility index (Phi) is 5.24. The highest BCUT2D eigenvalue weighted by Crippen LogP contribution is 2.30. The molecule has 1 aromatic carbocycles. The summed E-state index contributed by atoms with van der Waals surface area (Å²) < 4.78 is 1.87. The Morgan fingerprint density at radius 3 is 2.84 bits per heavy atom. The van der Waals surface area contributed by atoms with Gasteiger partial charge in [0, 0.05) is 31.0 Å². The number of thioether (sulfide) groups is 1. The Hall–Kier alpha value is -2.12. The minimum Gasteiger partial charge on any atom is -0.370 e. The van der Waals surface area contributed by atoms with Gasteiger partial charge in [0.05, 0.1) is 16.2 Å². The molecular formula is C17H18ClN5OS. The third-order valence-electron chi connectivity index (χ3n) is 4.00. The number of carbonyl (C=O) groups excluding carboxylic acids is 1. The number of benzene rings is 1. The van der Waals surface area contributed by atoms with Gasteiger partial charge in [-0.2, -0.15) is 0 Å². The van der Waals surface area contributed by atoms with Crippen molar-refractivity contribution in [1.29, 1.82) is 0 Å². The fraction of sp³-hybridized carbons (Fsp3) is 0.294. The number of nitrogens with two attached hydrogens (primary N) is 1. The van der Waals surface area contributed by atoms with E-state index in [1.807, 2.05) is 42.8 Å². The summed E-state index contributed by atoms with van der Waals surface area (Å²) in [5.74, 6) is 0.974.